The topological polar surface area (TPSA) is 122 Å². The molecule has 0 aliphatic rings. The summed E-state index contributed by atoms with van der Waals surface area (Å²) in [5.74, 6) is 1.77. The molecule has 2 aromatic carbocycles. The van der Waals surface area contributed by atoms with Crippen molar-refractivity contribution in [3.8, 4) is 23.1 Å². The Kier molecular flexibility index (Phi) is 8.54. The summed E-state index contributed by atoms with van der Waals surface area (Å²) in [5.41, 5.74) is 3.69. The molecule has 1 amide bonds. The van der Waals surface area contributed by atoms with Gasteiger partial charge in [0.15, 0.2) is 0 Å². The SMILES string of the molecule is CCCCc1nc(-c2ccc(CC(NC(=O)c3ccc(OC(C)C)c(C#N)c3)c3ncn[nH]3)cc2)cn1C. The van der Waals surface area contributed by atoms with Gasteiger partial charge in [-0.2, -0.15) is 10.4 Å². The van der Waals surface area contributed by atoms with Gasteiger partial charge in [-0.3, -0.25) is 9.89 Å². The number of nitriles is 1. The lowest BCUT2D eigenvalue weighted by Gasteiger charge is -2.17. The lowest BCUT2D eigenvalue weighted by atomic mass is 10.0. The minimum atomic E-state index is -0.441. The van der Waals surface area contributed by atoms with Gasteiger partial charge >= 0.3 is 0 Å². The van der Waals surface area contributed by atoms with Crippen LogP contribution < -0.4 is 10.1 Å². The molecule has 1 atom stereocenters. The van der Waals surface area contributed by atoms with E-state index in [0.29, 0.717) is 29.1 Å². The van der Waals surface area contributed by atoms with Crippen LogP contribution in [0, 0.1) is 11.3 Å². The highest BCUT2D eigenvalue weighted by molar-refractivity contribution is 5.95. The van der Waals surface area contributed by atoms with Crippen molar-refractivity contribution in [3.05, 3.63) is 83.3 Å². The summed E-state index contributed by atoms with van der Waals surface area (Å²) in [6.45, 7) is 5.95. The molecule has 38 heavy (non-hydrogen) atoms. The number of unbranched alkanes of at least 4 members (excludes halogenated alkanes) is 1. The van der Waals surface area contributed by atoms with Gasteiger partial charge in [0.2, 0.25) is 0 Å². The van der Waals surface area contributed by atoms with E-state index in [1.54, 1.807) is 18.2 Å². The van der Waals surface area contributed by atoms with Gasteiger partial charge in [-0.1, -0.05) is 37.6 Å². The maximum absolute atomic E-state index is 13.2. The number of aryl methyl sites for hydroxylation is 2. The van der Waals surface area contributed by atoms with E-state index < -0.39 is 6.04 Å². The number of ether oxygens (including phenoxy) is 1. The number of imidazole rings is 1. The van der Waals surface area contributed by atoms with E-state index in [-0.39, 0.29) is 12.0 Å². The van der Waals surface area contributed by atoms with Crippen LogP contribution in [0.4, 0.5) is 0 Å². The van der Waals surface area contributed by atoms with Crippen LogP contribution in [0.3, 0.4) is 0 Å². The minimum Gasteiger partial charge on any atom is -0.490 e. The molecule has 0 fully saturated rings. The van der Waals surface area contributed by atoms with Crippen molar-refractivity contribution in [2.75, 3.05) is 0 Å². The average molecular weight is 512 g/mol. The predicted octanol–water partition coefficient (Wildman–Crippen LogP) is 4.92. The molecule has 4 rings (SSSR count). The molecule has 0 saturated heterocycles. The van der Waals surface area contributed by atoms with Crippen molar-refractivity contribution in [2.24, 2.45) is 7.05 Å². The highest BCUT2D eigenvalue weighted by atomic mass is 16.5. The number of aromatic nitrogens is 5. The van der Waals surface area contributed by atoms with E-state index >= 15 is 0 Å². The van der Waals surface area contributed by atoms with Crippen molar-refractivity contribution in [2.45, 2.75) is 58.6 Å². The number of carbonyl (C=O) groups excluding carboxylic acids is 1. The Labute approximate surface area is 222 Å². The van der Waals surface area contributed by atoms with Crippen LogP contribution in [0.15, 0.2) is 55.0 Å². The first-order chi connectivity index (χ1) is 18.4. The second kappa shape index (κ2) is 12.2. The number of nitrogens with one attached hydrogen (secondary N) is 2. The number of H-pyrrole nitrogens is 1. The second-order valence-corrected chi connectivity index (χ2v) is 9.54. The zero-order chi connectivity index (χ0) is 27.1. The molecule has 9 heteroatoms. The molecular formula is C29H33N7O2. The predicted molar refractivity (Wildman–Crippen MR) is 144 cm³/mol. The molecule has 0 bridgehead atoms. The van der Waals surface area contributed by atoms with Crippen LogP contribution in [0.2, 0.25) is 0 Å². The molecule has 1 unspecified atom stereocenters. The molecule has 2 aromatic heterocycles. The summed E-state index contributed by atoms with van der Waals surface area (Å²) in [5, 5.41) is 19.4. The van der Waals surface area contributed by atoms with Gasteiger partial charge in [0.25, 0.3) is 5.91 Å². The molecule has 0 radical (unpaired) electrons. The first-order valence-electron chi connectivity index (χ1n) is 12.9. The number of hydrogen-bond acceptors (Lipinski definition) is 6. The summed E-state index contributed by atoms with van der Waals surface area (Å²) in [6.07, 6.45) is 7.12. The first-order valence-corrected chi connectivity index (χ1v) is 12.9. The number of rotatable bonds is 11. The molecule has 0 aliphatic carbocycles. The number of nitrogens with zero attached hydrogens (tertiary/aromatic N) is 5. The van der Waals surface area contributed by atoms with Crippen molar-refractivity contribution in [1.82, 2.24) is 30.0 Å². The number of hydrogen-bond donors (Lipinski definition) is 2. The third-order valence-corrected chi connectivity index (χ3v) is 6.21. The minimum absolute atomic E-state index is 0.0789. The molecule has 4 aromatic rings. The summed E-state index contributed by atoms with van der Waals surface area (Å²) >= 11 is 0. The first kappa shape index (κ1) is 26.6. The summed E-state index contributed by atoms with van der Waals surface area (Å²) < 4.78 is 7.76. The Bertz CT molecular complexity index is 1400. The summed E-state index contributed by atoms with van der Waals surface area (Å²) in [7, 11) is 2.03. The van der Waals surface area contributed by atoms with Crippen LogP contribution in [0.1, 0.15) is 72.8 Å². The van der Waals surface area contributed by atoms with Crippen molar-refractivity contribution < 1.29 is 9.53 Å². The summed E-state index contributed by atoms with van der Waals surface area (Å²) in [4.78, 5) is 22.2. The Hall–Kier alpha value is -4.45. The Balaban J connectivity index is 1.50. The Morgan fingerprint density at radius 2 is 2.00 bits per heavy atom. The molecule has 0 saturated carbocycles. The maximum Gasteiger partial charge on any atom is 0.251 e. The Morgan fingerprint density at radius 3 is 2.66 bits per heavy atom. The van der Waals surface area contributed by atoms with Gasteiger partial charge < -0.3 is 14.6 Å². The lowest BCUT2D eigenvalue weighted by Crippen LogP contribution is -2.31. The van der Waals surface area contributed by atoms with E-state index in [2.05, 4.69) is 44.3 Å². The van der Waals surface area contributed by atoms with Crippen molar-refractivity contribution in [3.63, 3.8) is 0 Å². The van der Waals surface area contributed by atoms with Gasteiger partial charge in [0.05, 0.1) is 23.4 Å². The van der Waals surface area contributed by atoms with E-state index in [1.165, 1.54) is 6.33 Å². The van der Waals surface area contributed by atoms with Crippen LogP contribution in [-0.2, 0) is 19.9 Å². The quantitative estimate of drug-likeness (QED) is 0.295. The monoisotopic (exact) mass is 511 g/mol. The normalized spacial score (nSPS) is 11.8. The van der Waals surface area contributed by atoms with Crippen LogP contribution in [0.5, 0.6) is 5.75 Å². The zero-order valence-electron chi connectivity index (χ0n) is 22.2. The van der Waals surface area contributed by atoms with Crippen LogP contribution in [-0.4, -0.2) is 36.7 Å². The molecule has 0 spiro atoms. The molecule has 2 N–H and O–H groups in total. The average Bonchev–Trinajstić information content (AvgIpc) is 3.57. The van der Waals surface area contributed by atoms with E-state index in [9.17, 15) is 10.1 Å². The van der Waals surface area contributed by atoms with Crippen LogP contribution in [0.25, 0.3) is 11.3 Å². The lowest BCUT2D eigenvalue weighted by molar-refractivity contribution is 0.0934. The van der Waals surface area contributed by atoms with Gasteiger partial charge in [0.1, 0.15) is 29.8 Å². The number of carbonyl (C=O) groups is 1. The molecule has 196 valence electrons. The Morgan fingerprint density at radius 1 is 1.21 bits per heavy atom. The highest BCUT2D eigenvalue weighted by Crippen LogP contribution is 2.24. The van der Waals surface area contributed by atoms with Crippen molar-refractivity contribution in [1.29, 1.82) is 5.26 Å². The van der Waals surface area contributed by atoms with Gasteiger partial charge in [-0.15, -0.1) is 0 Å². The fourth-order valence-electron chi connectivity index (χ4n) is 4.21. The number of aromatic amines is 1. The third kappa shape index (κ3) is 6.45. The van der Waals surface area contributed by atoms with E-state index in [0.717, 1.165) is 41.9 Å². The zero-order valence-corrected chi connectivity index (χ0v) is 22.2. The molecule has 9 nitrogen and oxygen atoms in total. The van der Waals surface area contributed by atoms with Crippen LogP contribution >= 0.6 is 0 Å². The van der Waals surface area contributed by atoms with Gasteiger partial charge in [0, 0.05) is 30.8 Å². The molecule has 2 heterocycles. The van der Waals surface area contributed by atoms with E-state index in [1.807, 2.05) is 45.2 Å². The molecular weight excluding hydrogens is 478 g/mol. The van der Waals surface area contributed by atoms with Gasteiger partial charge in [-0.05, 0) is 50.5 Å². The fraction of sp³-hybridized carbons (Fsp3) is 0.345. The number of benzene rings is 2. The fourth-order valence-corrected chi connectivity index (χ4v) is 4.21. The second-order valence-electron chi connectivity index (χ2n) is 9.54. The highest BCUT2D eigenvalue weighted by Gasteiger charge is 2.20. The number of amides is 1. The smallest absolute Gasteiger partial charge is 0.251 e. The summed E-state index contributed by atoms with van der Waals surface area (Å²) in [6, 6.07) is 14.7. The standard InChI is InChI=1S/C29H33N7O2/c1-5-6-7-27-33-25(17-36(27)4)21-10-8-20(9-11-21)14-24(28-31-18-32-35-28)34-29(37)22-12-13-26(38-19(2)3)23(15-22)16-30/h8-13,15,17-19,24H,5-7,14H2,1-4H3,(H,34,37)(H,31,32,35). The maximum atomic E-state index is 13.2. The molecule has 0 aliphatic heterocycles. The van der Waals surface area contributed by atoms with E-state index in [4.69, 9.17) is 9.72 Å². The van der Waals surface area contributed by atoms with Crippen molar-refractivity contribution >= 4 is 5.91 Å². The van der Waals surface area contributed by atoms with Gasteiger partial charge in [-0.25, -0.2) is 9.97 Å². The largest absolute Gasteiger partial charge is 0.490 e. The third-order valence-electron chi connectivity index (χ3n) is 6.21.